The van der Waals surface area contributed by atoms with Crippen LogP contribution in [0.4, 0.5) is 5.69 Å². The van der Waals surface area contributed by atoms with Gasteiger partial charge < -0.3 is 0 Å². The monoisotopic (exact) mass is 296 g/mol. The van der Waals surface area contributed by atoms with Crippen LogP contribution in [0.15, 0.2) is 28.3 Å². The molecule has 3 rings (SSSR count). The van der Waals surface area contributed by atoms with Crippen LogP contribution in [0.2, 0.25) is 5.02 Å². The number of hydrogen-bond donors (Lipinski definition) is 1. The highest BCUT2D eigenvalue weighted by Gasteiger charge is 2.27. The SMILES string of the molecule is O=[N+]([O-])c1ccc(Sc2n[nH]c(C3CC3)n2)c(Cl)c1. The number of nitro groups is 1. The van der Waals surface area contributed by atoms with Crippen LogP contribution in [0.3, 0.4) is 0 Å². The Labute approximate surface area is 117 Å². The fraction of sp³-hybridized carbons (Fsp3) is 0.273. The molecular weight excluding hydrogens is 288 g/mol. The number of halogens is 1. The van der Waals surface area contributed by atoms with Gasteiger partial charge in [0.15, 0.2) is 0 Å². The quantitative estimate of drug-likeness (QED) is 0.690. The number of rotatable bonds is 4. The molecule has 1 aliphatic carbocycles. The Morgan fingerprint density at radius 3 is 2.89 bits per heavy atom. The lowest BCUT2D eigenvalue weighted by Gasteiger charge is -2.00. The molecule has 2 aromatic rings. The van der Waals surface area contributed by atoms with Gasteiger partial charge in [0, 0.05) is 22.9 Å². The smallest absolute Gasteiger partial charge is 0.262 e. The van der Waals surface area contributed by atoms with E-state index in [1.54, 1.807) is 6.07 Å². The van der Waals surface area contributed by atoms with Crippen molar-refractivity contribution in [2.75, 3.05) is 0 Å². The van der Waals surface area contributed by atoms with Crippen LogP contribution in [0.25, 0.3) is 0 Å². The van der Waals surface area contributed by atoms with Gasteiger partial charge in [0.25, 0.3) is 5.69 Å². The second-order valence-electron chi connectivity index (χ2n) is 4.25. The minimum absolute atomic E-state index is 0.0250. The van der Waals surface area contributed by atoms with Gasteiger partial charge in [0.05, 0.1) is 9.95 Å². The molecule has 19 heavy (non-hydrogen) atoms. The van der Waals surface area contributed by atoms with Gasteiger partial charge in [-0.15, -0.1) is 5.10 Å². The van der Waals surface area contributed by atoms with Gasteiger partial charge >= 0.3 is 0 Å². The van der Waals surface area contributed by atoms with E-state index in [0.29, 0.717) is 21.0 Å². The predicted octanol–water partition coefficient (Wildman–Crippen LogP) is 3.39. The summed E-state index contributed by atoms with van der Waals surface area (Å²) >= 11 is 7.31. The van der Waals surface area contributed by atoms with E-state index < -0.39 is 4.92 Å². The van der Waals surface area contributed by atoms with Gasteiger partial charge in [-0.3, -0.25) is 15.2 Å². The third kappa shape index (κ3) is 2.71. The highest BCUT2D eigenvalue weighted by atomic mass is 35.5. The maximum atomic E-state index is 10.6. The van der Waals surface area contributed by atoms with Gasteiger partial charge in [-0.05, 0) is 30.7 Å². The zero-order valence-electron chi connectivity index (χ0n) is 9.67. The number of benzene rings is 1. The van der Waals surface area contributed by atoms with Crippen LogP contribution in [0.5, 0.6) is 0 Å². The van der Waals surface area contributed by atoms with Crippen molar-refractivity contribution in [1.82, 2.24) is 15.2 Å². The molecule has 0 saturated heterocycles. The average Bonchev–Trinajstić information content (AvgIpc) is 3.12. The van der Waals surface area contributed by atoms with Crippen LogP contribution in [-0.4, -0.2) is 20.1 Å². The summed E-state index contributed by atoms with van der Waals surface area (Å²) in [6, 6.07) is 4.36. The number of hydrogen-bond acceptors (Lipinski definition) is 5. The van der Waals surface area contributed by atoms with Crippen molar-refractivity contribution >= 4 is 29.1 Å². The first-order valence-corrected chi connectivity index (χ1v) is 6.87. The second kappa shape index (κ2) is 4.82. The molecule has 8 heteroatoms. The van der Waals surface area contributed by atoms with Crippen molar-refractivity contribution in [1.29, 1.82) is 0 Å². The lowest BCUT2D eigenvalue weighted by molar-refractivity contribution is -0.384. The Morgan fingerprint density at radius 1 is 1.47 bits per heavy atom. The molecule has 1 N–H and O–H groups in total. The summed E-state index contributed by atoms with van der Waals surface area (Å²) in [6.45, 7) is 0. The molecule has 0 radical (unpaired) electrons. The first-order chi connectivity index (χ1) is 9.13. The number of nitrogens with zero attached hydrogens (tertiary/aromatic N) is 3. The number of aromatic amines is 1. The van der Waals surface area contributed by atoms with Gasteiger partial charge in [-0.25, -0.2) is 4.98 Å². The lowest BCUT2D eigenvalue weighted by Crippen LogP contribution is -1.88. The van der Waals surface area contributed by atoms with E-state index in [9.17, 15) is 10.1 Å². The zero-order valence-corrected chi connectivity index (χ0v) is 11.2. The molecule has 6 nitrogen and oxygen atoms in total. The summed E-state index contributed by atoms with van der Waals surface area (Å²) in [4.78, 5) is 15.2. The molecule has 0 atom stereocenters. The zero-order chi connectivity index (χ0) is 13.4. The predicted molar refractivity (Wildman–Crippen MR) is 70.6 cm³/mol. The largest absolute Gasteiger partial charge is 0.270 e. The molecule has 0 unspecified atom stereocenters. The Balaban J connectivity index is 1.79. The van der Waals surface area contributed by atoms with E-state index in [0.717, 1.165) is 18.7 Å². The van der Waals surface area contributed by atoms with Gasteiger partial charge in [-0.1, -0.05) is 11.6 Å². The number of aromatic nitrogens is 3. The molecule has 1 heterocycles. The average molecular weight is 297 g/mol. The van der Waals surface area contributed by atoms with E-state index >= 15 is 0 Å². The number of non-ortho nitro benzene ring substituents is 1. The van der Waals surface area contributed by atoms with Crippen molar-refractivity contribution in [3.05, 3.63) is 39.2 Å². The number of nitrogens with one attached hydrogen (secondary N) is 1. The summed E-state index contributed by atoms with van der Waals surface area (Å²) < 4.78 is 0. The summed E-state index contributed by atoms with van der Waals surface area (Å²) in [5.74, 6) is 1.41. The highest BCUT2D eigenvalue weighted by Crippen LogP contribution is 2.39. The maximum Gasteiger partial charge on any atom is 0.270 e. The van der Waals surface area contributed by atoms with Crippen LogP contribution in [-0.2, 0) is 0 Å². The Bertz CT molecular complexity index is 641. The molecule has 0 aliphatic heterocycles. The van der Waals surface area contributed by atoms with Crippen molar-refractivity contribution in [3.63, 3.8) is 0 Å². The molecule has 0 amide bonds. The molecule has 98 valence electrons. The molecule has 1 aliphatic rings. The van der Waals surface area contributed by atoms with Crippen LogP contribution in [0.1, 0.15) is 24.6 Å². The fourth-order valence-corrected chi connectivity index (χ4v) is 2.64. The Morgan fingerprint density at radius 2 is 2.26 bits per heavy atom. The molecule has 1 aromatic carbocycles. The summed E-state index contributed by atoms with van der Waals surface area (Å²) in [5.41, 5.74) is -0.0250. The Hall–Kier alpha value is -1.60. The minimum Gasteiger partial charge on any atom is -0.262 e. The molecule has 0 spiro atoms. The minimum atomic E-state index is -0.474. The fourth-order valence-electron chi connectivity index (χ4n) is 1.63. The first-order valence-electron chi connectivity index (χ1n) is 5.67. The topological polar surface area (TPSA) is 84.7 Å². The summed E-state index contributed by atoms with van der Waals surface area (Å²) in [6.07, 6.45) is 2.30. The van der Waals surface area contributed by atoms with Crippen LogP contribution < -0.4 is 0 Å². The normalized spacial score (nSPS) is 14.6. The van der Waals surface area contributed by atoms with Crippen LogP contribution in [0, 0.1) is 10.1 Å². The van der Waals surface area contributed by atoms with Crippen molar-refractivity contribution < 1.29 is 4.92 Å². The molecule has 1 saturated carbocycles. The molecular formula is C11H9ClN4O2S. The van der Waals surface area contributed by atoms with Crippen molar-refractivity contribution in [2.24, 2.45) is 0 Å². The lowest BCUT2D eigenvalue weighted by atomic mass is 10.3. The third-order valence-electron chi connectivity index (χ3n) is 2.77. The molecule has 1 aromatic heterocycles. The number of nitro benzene ring substituents is 1. The molecule has 1 fully saturated rings. The summed E-state index contributed by atoms with van der Waals surface area (Å²) in [5, 5.41) is 18.5. The van der Waals surface area contributed by atoms with Crippen LogP contribution >= 0.6 is 23.4 Å². The van der Waals surface area contributed by atoms with E-state index in [1.165, 1.54) is 23.9 Å². The van der Waals surface area contributed by atoms with Crippen molar-refractivity contribution in [2.45, 2.75) is 28.8 Å². The summed E-state index contributed by atoms with van der Waals surface area (Å²) in [7, 11) is 0. The maximum absolute atomic E-state index is 10.6. The van der Waals surface area contributed by atoms with E-state index in [2.05, 4.69) is 15.2 Å². The Kier molecular flexibility index (Phi) is 3.16. The third-order valence-corrected chi connectivity index (χ3v) is 4.14. The first kappa shape index (κ1) is 12.4. The van der Waals surface area contributed by atoms with E-state index in [1.807, 2.05) is 0 Å². The van der Waals surface area contributed by atoms with Gasteiger partial charge in [-0.2, -0.15) is 0 Å². The van der Waals surface area contributed by atoms with E-state index in [-0.39, 0.29) is 5.69 Å². The van der Waals surface area contributed by atoms with Gasteiger partial charge in [0.1, 0.15) is 5.82 Å². The molecule has 0 bridgehead atoms. The van der Waals surface area contributed by atoms with Gasteiger partial charge in [0.2, 0.25) is 5.16 Å². The standard InChI is InChI=1S/C11H9ClN4O2S/c12-8-5-7(16(17)18)3-4-9(8)19-11-13-10(14-15-11)6-1-2-6/h3-6H,1-2H2,(H,13,14,15). The van der Waals surface area contributed by atoms with E-state index in [4.69, 9.17) is 11.6 Å². The van der Waals surface area contributed by atoms with Crippen molar-refractivity contribution in [3.8, 4) is 0 Å². The number of H-pyrrole nitrogens is 1. The highest BCUT2D eigenvalue weighted by molar-refractivity contribution is 7.99. The second-order valence-corrected chi connectivity index (χ2v) is 5.67.